The summed E-state index contributed by atoms with van der Waals surface area (Å²) in [6, 6.07) is 12.0. The number of aryl methyl sites for hydroxylation is 1. The minimum atomic E-state index is -3.65. The zero-order chi connectivity index (χ0) is 20.9. The normalized spacial score (nSPS) is 15.5. The second kappa shape index (κ2) is 9.41. The van der Waals surface area contributed by atoms with Crippen LogP contribution in [0.2, 0.25) is 0 Å². The van der Waals surface area contributed by atoms with Crippen LogP contribution in [0.3, 0.4) is 0 Å². The van der Waals surface area contributed by atoms with Gasteiger partial charge < -0.3 is 10.1 Å². The lowest BCUT2D eigenvalue weighted by Crippen LogP contribution is -2.32. The van der Waals surface area contributed by atoms with E-state index in [1.807, 2.05) is 25.1 Å². The third-order valence-corrected chi connectivity index (χ3v) is 7.11. The Labute approximate surface area is 172 Å². The minimum Gasteiger partial charge on any atom is -0.496 e. The summed E-state index contributed by atoms with van der Waals surface area (Å²) in [6.45, 7) is 3.07. The van der Waals surface area contributed by atoms with Crippen LogP contribution in [-0.2, 0) is 16.4 Å². The Kier molecular flexibility index (Phi) is 6.92. The average molecular weight is 417 g/mol. The second-order valence-corrected chi connectivity index (χ2v) is 9.13. The SMILES string of the molecule is CCc1cccc(NC(=O)c2cc(S(=O)(=O)N3CCCCCC3)ccc2OC)c1. The van der Waals surface area contributed by atoms with Crippen molar-refractivity contribution in [3.05, 3.63) is 53.6 Å². The summed E-state index contributed by atoms with van der Waals surface area (Å²) in [5, 5.41) is 2.85. The number of methoxy groups -OCH3 is 1. The summed E-state index contributed by atoms with van der Waals surface area (Å²) < 4.78 is 33.1. The molecule has 29 heavy (non-hydrogen) atoms. The lowest BCUT2D eigenvalue weighted by Gasteiger charge is -2.20. The summed E-state index contributed by atoms with van der Waals surface area (Å²) in [5.41, 5.74) is 1.97. The van der Waals surface area contributed by atoms with Gasteiger partial charge in [-0.1, -0.05) is 31.9 Å². The van der Waals surface area contributed by atoms with E-state index in [1.54, 1.807) is 12.1 Å². The van der Waals surface area contributed by atoms with Gasteiger partial charge in [-0.15, -0.1) is 0 Å². The molecule has 0 bridgehead atoms. The molecule has 3 rings (SSSR count). The monoisotopic (exact) mass is 416 g/mol. The van der Waals surface area contributed by atoms with Gasteiger partial charge in [0, 0.05) is 18.8 Å². The molecule has 0 saturated carbocycles. The third-order valence-electron chi connectivity index (χ3n) is 5.21. The molecule has 1 amide bonds. The highest BCUT2D eigenvalue weighted by atomic mass is 32.2. The standard InChI is InChI=1S/C22H28N2O4S/c1-3-17-9-8-10-18(15-17)23-22(25)20-16-19(11-12-21(20)28-2)29(26,27)24-13-6-4-5-7-14-24/h8-12,15-16H,3-7,13-14H2,1-2H3,(H,23,25). The molecule has 2 aromatic rings. The Bertz CT molecular complexity index is 965. The van der Waals surface area contributed by atoms with Crippen LogP contribution >= 0.6 is 0 Å². The first kappa shape index (κ1) is 21.3. The van der Waals surface area contributed by atoms with Crippen molar-refractivity contribution in [2.75, 3.05) is 25.5 Å². The molecule has 0 atom stereocenters. The van der Waals surface area contributed by atoms with Gasteiger partial charge in [0.25, 0.3) is 5.91 Å². The Morgan fingerprint density at radius 1 is 1.07 bits per heavy atom. The Morgan fingerprint density at radius 3 is 2.45 bits per heavy atom. The zero-order valence-corrected chi connectivity index (χ0v) is 17.8. The largest absolute Gasteiger partial charge is 0.496 e. The van der Waals surface area contributed by atoms with E-state index in [0.29, 0.717) is 24.5 Å². The Balaban J connectivity index is 1.90. The van der Waals surface area contributed by atoms with Gasteiger partial charge >= 0.3 is 0 Å². The fourth-order valence-electron chi connectivity index (χ4n) is 3.52. The molecule has 2 aromatic carbocycles. The molecule has 0 aromatic heterocycles. The molecular formula is C22H28N2O4S. The molecule has 156 valence electrons. The third kappa shape index (κ3) is 4.97. The van der Waals surface area contributed by atoms with Crippen molar-refractivity contribution in [3.8, 4) is 5.75 Å². The maximum absolute atomic E-state index is 13.1. The van der Waals surface area contributed by atoms with Gasteiger partial charge in [-0.05, 0) is 55.2 Å². The number of nitrogens with one attached hydrogen (secondary N) is 1. The van der Waals surface area contributed by atoms with Crippen molar-refractivity contribution in [2.24, 2.45) is 0 Å². The molecule has 0 unspecified atom stereocenters. The van der Waals surface area contributed by atoms with E-state index in [1.165, 1.54) is 23.5 Å². The lowest BCUT2D eigenvalue weighted by molar-refractivity contribution is 0.102. The van der Waals surface area contributed by atoms with E-state index in [4.69, 9.17) is 4.74 Å². The summed E-state index contributed by atoms with van der Waals surface area (Å²) in [4.78, 5) is 13.0. The van der Waals surface area contributed by atoms with Gasteiger partial charge in [0.05, 0.1) is 17.6 Å². The number of benzene rings is 2. The lowest BCUT2D eigenvalue weighted by atomic mass is 10.1. The number of ether oxygens (including phenoxy) is 1. The summed E-state index contributed by atoms with van der Waals surface area (Å²) >= 11 is 0. The number of anilines is 1. The van der Waals surface area contributed by atoms with E-state index in [-0.39, 0.29) is 10.5 Å². The highest BCUT2D eigenvalue weighted by molar-refractivity contribution is 7.89. The van der Waals surface area contributed by atoms with Crippen molar-refractivity contribution in [2.45, 2.75) is 43.9 Å². The molecule has 1 aliphatic heterocycles. The molecule has 1 N–H and O–H groups in total. The first-order valence-electron chi connectivity index (χ1n) is 10.0. The van der Waals surface area contributed by atoms with Crippen molar-refractivity contribution in [1.82, 2.24) is 4.31 Å². The number of rotatable bonds is 6. The van der Waals surface area contributed by atoms with Crippen LogP contribution in [0.25, 0.3) is 0 Å². The predicted molar refractivity (Wildman–Crippen MR) is 114 cm³/mol. The van der Waals surface area contributed by atoms with E-state index < -0.39 is 15.9 Å². The molecule has 7 heteroatoms. The van der Waals surface area contributed by atoms with Crippen LogP contribution in [0.4, 0.5) is 5.69 Å². The Hall–Kier alpha value is -2.38. The molecule has 0 aliphatic carbocycles. The summed E-state index contributed by atoms with van der Waals surface area (Å²) in [6.07, 6.45) is 4.65. The fourth-order valence-corrected chi connectivity index (χ4v) is 5.07. The van der Waals surface area contributed by atoms with Gasteiger partial charge in [0.15, 0.2) is 0 Å². The Morgan fingerprint density at radius 2 is 1.79 bits per heavy atom. The average Bonchev–Trinajstić information content (AvgIpc) is 3.03. The van der Waals surface area contributed by atoms with Gasteiger partial charge in [0.2, 0.25) is 10.0 Å². The summed E-state index contributed by atoms with van der Waals surface area (Å²) in [5.74, 6) is -0.0630. The van der Waals surface area contributed by atoms with Crippen molar-refractivity contribution >= 4 is 21.6 Å². The smallest absolute Gasteiger partial charge is 0.259 e. The number of sulfonamides is 1. The highest BCUT2D eigenvalue weighted by Crippen LogP contribution is 2.27. The van der Waals surface area contributed by atoms with E-state index in [0.717, 1.165) is 37.7 Å². The number of hydrogen-bond donors (Lipinski definition) is 1. The first-order valence-corrected chi connectivity index (χ1v) is 11.5. The first-order chi connectivity index (χ1) is 14.0. The molecule has 0 spiro atoms. The highest BCUT2D eigenvalue weighted by Gasteiger charge is 2.27. The maximum atomic E-state index is 13.1. The van der Waals surface area contributed by atoms with Gasteiger partial charge in [-0.3, -0.25) is 4.79 Å². The predicted octanol–water partition coefficient (Wildman–Crippen LogP) is 4.07. The molecule has 0 radical (unpaired) electrons. The maximum Gasteiger partial charge on any atom is 0.259 e. The van der Waals surface area contributed by atoms with Crippen LogP contribution in [0.15, 0.2) is 47.4 Å². The molecule has 1 aliphatic rings. The molecule has 1 fully saturated rings. The fraction of sp³-hybridized carbons (Fsp3) is 0.409. The quantitative estimate of drug-likeness (QED) is 0.770. The van der Waals surface area contributed by atoms with Gasteiger partial charge in [-0.25, -0.2) is 8.42 Å². The molecular weight excluding hydrogens is 388 g/mol. The molecule has 6 nitrogen and oxygen atoms in total. The van der Waals surface area contributed by atoms with Gasteiger partial charge in [-0.2, -0.15) is 4.31 Å². The number of carbonyl (C=O) groups is 1. The topological polar surface area (TPSA) is 75.7 Å². The number of hydrogen-bond acceptors (Lipinski definition) is 4. The molecule has 1 heterocycles. The van der Waals surface area contributed by atoms with E-state index in [9.17, 15) is 13.2 Å². The van der Waals surface area contributed by atoms with Crippen LogP contribution in [0.5, 0.6) is 5.75 Å². The van der Waals surface area contributed by atoms with Crippen molar-refractivity contribution in [3.63, 3.8) is 0 Å². The van der Waals surface area contributed by atoms with Crippen molar-refractivity contribution in [1.29, 1.82) is 0 Å². The zero-order valence-electron chi connectivity index (χ0n) is 17.0. The molecule has 1 saturated heterocycles. The van der Waals surface area contributed by atoms with Gasteiger partial charge in [0.1, 0.15) is 5.75 Å². The van der Waals surface area contributed by atoms with Crippen LogP contribution in [0, 0.1) is 0 Å². The minimum absolute atomic E-state index is 0.118. The van der Waals surface area contributed by atoms with Crippen LogP contribution in [-0.4, -0.2) is 38.8 Å². The number of carbonyl (C=O) groups excluding carboxylic acids is 1. The van der Waals surface area contributed by atoms with Crippen LogP contribution < -0.4 is 10.1 Å². The van der Waals surface area contributed by atoms with Crippen LogP contribution in [0.1, 0.15) is 48.5 Å². The summed E-state index contributed by atoms with van der Waals surface area (Å²) in [7, 11) is -2.19. The van der Waals surface area contributed by atoms with E-state index in [2.05, 4.69) is 5.32 Å². The number of amides is 1. The second-order valence-electron chi connectivity index (χ2n) is 7.19. The van der Waals surface area contributed by atoms with E-state index >= 15 is 0 Å². The number of nitrogens with zero attached hydrogens (tertiary/aromatic N) is 1. The van der Waals surface area contributed by atoms with Crippen molar-refractivity contribution < 1.29 is 17.9 Å².